The van der Waals surface area contributed by atoms with E-state index in [0.29, 0.717) is 11.6 Å². The van der Waals surface area contributed by atoms with Gasteiger partial charge in [-0.15, -0.1) is 0 Å². The van der Waals surface area contributed by atoms with Gasteiger partial charge in [0.25, 0.3) is 5.91 Å². The number of rotatable bonds is 3. The van der Waals surface area contributed by atoms with Crippen molar-refractivity contribution in [3.05, 3.63) is 48.0 Å². The first kappa shape index (κ1) is 15.4. The van der Waals surface area contributed by atoms with Crippen molar-refractivity contribution in [2.75, 3.05) is 23.3 Å². The summed E-state index contributed by atoms with van der Waals surface area (Å²) in [5.74, 6) is 0.350. The number of piperidine rings is 1. The van der Waals surface area contributed by atoms with E-state index in [9.17, 15) is 9.18 Å². The molecule has 1 saturated heterocycles. The van der Waals surface area contributed by atoms with Crippen LogP contribution in [0.5, 0.6) is 0 Å². The number of aromatic nitrogens is 2. The van der Waals surface area contributed by atoms with Gasteiger partial charge in [0.15, 0.2) is 0 Å². The third-order valence-electron chi connectivity index (χ3n) is 4.08. The monoisotopic (exact) mass is 314 g/mol. The van der Waals surface area contributed by atoms with Gasteiger partial charge in [-0.25, -0.2) is 14.4 Å². The van der Waals surface area contributed by atoms with E-state index in [2.05, 4.69) is 27.1 Å². The van der Waals surface area contributed by atoms with Crippen molar-refractivity contribution in [1.82, 2.24) is 9.97 Å². The predicted molar refractivity (Wildman–Crippen MR) is 87.0 cm³/mol. The fourth-order valence-electron chi connectivity index (χ4n) is 2.60. The minimum absolute atomic E-state index is 0.00148. The molecule has 1 amide bonds. The Hall–Kier alpha value is -2.50. The topological polar surface area (TPSA) is 58.1 Å². The lowest BCUT2D eigenvalue weighted by molar-refractivity contribution is 0.102. The number of nitrogens with zero attached hydrogens (tertiary/aromatic N) is 3. The molecule has 1 aromatic heterocycles. The van der Waals surface area contributed by atoms with Crippen LogP contribution < -0.4 is 10.2 Å². The fraction of sp³-hybridized carbons (Fsp3) is 0.353. The standard InChI is InChI=1S/C17H19FN4O/c1-12-6-8-22(9-7-12)17-19-10-13(11-20-17)21-16(23)14-4-2-3-5-15(14)18/h2-5,10-12H,6-9H2,1H3,(H,21,23). The van der Waals surface area contributed by atoms with Crippen molar-refractivity contribution in [2.24, 2.45) is 5.92 Å². The molecule has 0 saturated carbocycles. The second kappa shape index (κ2) is 6.73. The van der Waals surface area contributed by atoms with E-state index < -0.39 is 11.7 Å². The molecular weight excluding hydrogens is 295 g/mol. The molecule has 0 bridgehead atoms. The van der Waals surface area contributed by atoms with Crippen molar-refractivity contribution in [3.63, 3.8) is 0 Å². The van der Waals surface area contributed by atoms with Gasteiger partial charge in [0.1, 0.15) is 5.82 Å². The molecule has 23 heavy (non-hydrogen) atoms. The quantitative estimate of drug-likeness (QED) is 0.946. The summed E-state index contributed by atoms with van der Waals surface area (Å²) in [7, 11) is 0. The summed E-state index contributed by atoms with van der Waals surface area (Å²) < 4.78 is 13.6. The summed E-state index contributed by atoms with van der Waals surface area (Å²) in [5, 5.41) is 2.61. The lowest BCUT2D eigenvalue weighted by Gasteiger charge is -2.30. The number of carbonyl (C=O) groups excluding carboxylic acids is 1. The molecule has 0 radical (unpaired) electrons. The molecule has 5 nitrogen and oxygen atoms in total. The van der Waals surface area contributed by atoms with Crippen molar-refractivity contribution >= 4 is 17.5 Å². The number of nitrogens with one attached hydrogen (secondary N) is 1. The number of halogens is 1. The molecule has 0 atom stereocenters. The Morgan fingerprint density at radius 1 is 1.22 bits per heavy atom. The number of carbonyl (C=O) groups is 1. The molecule has 120 valence electrons. The highest BCUT2D eigenvalue weighted by Crippen LogP contribution is 2.20. The maximum absolute atomic E-state index is 13.6. The normalized spacial score (nSPS) is 15.5. The van der Waals surface area contributed by atoms with Gasteiger partial charge in [-0.05, 0) is 30.9 Å². The van der Waals surface area contributed by atoms with E-state index in [4.69, 9.17) is 0 Å². The Balaban J connectivity index is 1.66. The smallest absolute Gasteiger partial charge is 0.258 e. The van der Waals surface area contributed by atoms with Crippen molar-refractivity contribution in [1.29, 1.82) is 0 Å². The maximum Gasteiger partial charge on any atom is 0.258 e. The summed E-state index contributed by atoms with van der Waals surface area (Å²) in [6.45, 7) is 4.14. The first-order valence-corrected chi connectivity index (χ1v) is 7.76. The molecule has 1 aliphatic rings. The average molecular weight is 314 g/mol. The molecule has 6 heteroatoms. The zero-order valence-corrected chi connectivity index (χ0v) is 13.0. The Morgan fingerprint density at radius 3 is 2.52 bits per heavy atom. The third-order valence-corrected chi connectivity index (χ3v) is 4.08. The van der Waals surface area contributed by atoms with E-state index in [-0.39, 0.29) is 5.56 Å². The van der Waals surface area contributed by atoms with Crippen molar-refractivity contribution in [3.8, 4) is 0 Å². The second-order valence-electron chi connectivity index (χ2n) is 5.88. The van der Waals surface area contributed by atoms with E-state index >= 15 is 0 Å². The van der Waals surface area contributed by atoms with Crippen LogP contribution in [0.1, 0.15) is 30.1 Å². The molecule has 0 aliphatic carbocycles. The van der Waals surface area contributed by atoms with Crippen molar-refractivity contribution in [2.45, 2.75) is 19.8 Å². The minimum atomic E-state index is -0.551. The van der Waals surface area contributed by atoms with Crippen LogP contribution in [0.4, 0.5) is 16.0 Å². The van der Waals surface area contributed by atoms with Gasteiger partial charge in [-0.1, -0.05) is 19.1 Å². The van der Waals surface area contributed by atoms with Gasteiger partial charge in [-0.3, -0.25) is 4.79 Å². The molecule has 1 aromatic carbocycles. The summed E-state index contributed by atoms with van der Waals surface area (Å²) >= 11 is 0. The number of hydrogen-bond donors (Lipinski definition) is 1. The van der Waals surface area contributed by atoms with Crippen LogP contribution in [0.15, 0.2) is 36.7 Å². The first-order chi connectivity index (χ1) is 11.1. The molecule has 1 fully saturated rings. The zero-order valence-electron chi connectivity index (χ0n) is 13.0. The van der Waals surface area contributed by atoms with Crippen LogP contribution in [-0.2, 0) is 0 Å². The Bertz CT molecular complexity index is 681. The highest BCUT2D eigenvalue weighted by atomic mass is 19.1. The van der Waals surface area contributed by atoms with Crippen LogP contribution in [-0.4, -0.2) is 29.0 Å². The summed E-state index contributed by atoms with van der Waals surface area (Å²) in [6.07, 6.45) is 5.38. The van der Waals surface area contributed by atoms with Gasteiger partial charge in [-0.2, -0.15) is 0 Å². The molecule has 1 N–H and O–H groups in total. The number of anilines is 2. The minimum Gasteiger partial charge on any atom is -0.341 e. The highest BCUT2D eigenvalue weighted by Gasteiger charge is 2.18. The van der Waals surface area contributed by atoms with Crippen molar-refractivity contribution < 1.29 is 9.18 Å². The van der Waals surface area contributed by atoms with Gasteiger partial charge >= 0.3 is 0 Å². The third kappa shape index (κ3) is 3.64. The van der Waals surface area contributed by atoms with Gasteiger partial charge in [0, 0.05) is 13.1 Å². The van der Waals surface area contributed by atoms with E-state index in [1.165, 1.54) is 12.1 Å². The largest absolute Gasteiger partial charge is 0.341 e. The lowest BCUT2D eigenvalue weighted by atomic mass is 10.00. The van der Waals surface area contributed by atoms with Gasteiger partial charge in [0.05, 0.1) is 23.6 Å². The van der Waals surface area contributed by atoms with Gasteiger partial charge < -0.3 is 10.2 Å². The second-order valence-corrected chi connectivity index (χ2v) is 5.88. The van der Waals surface area contributed by atoms with Crippen LogP contribution in [0, 0.1) is 11.7 Å². The molecule has 2 aromatic rings. The Morgan fingerprint density at radius 2 is 1.87 bits per heavy atom. The van der Waals surface area contributed by atoms with E-state index in [1.807, 2.05) is 0 Å². The highest BCUT2D eigenvalue weighted by molar-refractivity contribution is 6.04. The first-order valence-electron chi connectivity index (χ1n) is 7.76. The van der Waals surface area contributed by atoms with Crippen LogP contribution >= 0.6 is 0 Å². The summed E-state index contributed by atoms with van der Waals surface area (Å²) in [4.78, 5) is 22.8. The lowest BCUT2D eigenvalue weighted by Crippen LogP contribution is -2.34. The van der Waals surface area contributed by atoms with Crippen LogP contribution in [0.25, 0.3) is 0 Å². The Kier molecular flexibility index (Phi) is 4.50. The van der Waals surface area contributed by atoms with Crippen LogP contribution in [0.2, 0.25) is 0 Å². The Labute approximate surface area is 134 Å². The molecule has 0 unspecified atom stereocenters. The zero-order chi connectivity index (χ0) is 16.2. The SMILES string of the molecule is CC1CCN(c2ncc(NC(=O)c3ccccc3F)cn2)CC1. The molecule has 3 rings (SSSR count). The molecule has 1 aliphatic heterocycles. The number of hydrogen-bond acceptors (Lipinski definition) is 4. The van der Waals surface area contributed by atoms with E-state index in [1.54, 1.807) is 24.5 Å². The predicted octanol–water partition coefficient (Wildman–Crippen LogP) is 3.10. The maximum atomic E-state index is 13.6. The molecular formula is C17H19FN4O. The fourth-order valence-corrected chi connectivity index (χ4v) is 2.60. The van der Waals surface area contributed by atoms with Crippen LogP contribution in [0.3, 0.4) is 0 Å². The van der Waals surface area contributed by atoms with Gasteiger partial charge in [0.2, 0.25) is 5.95 Å². The molecule has 0 spiro atoms. The number of amides is 1. The number of benzene rings is 1. The summed E-state index contributed by atoms with van der Waals surface area (Å²) in [6, 6.07) is 5.86. The van der Waals surface area contributed by atoms with E-state index in [0.717, 1.165) is 31.8 Å². The summed E-state index contributed by atoms with van der Waals surface area (Å²) in [5.41, 5.74) is 0.453. The average Bonchev–Trinajstić information content (AvgIpc) is 2.57. The molecule has 2 heterocycles.